The minimum atomic E-state index is -1.65. The fraction of sp³-hybridized carbons (Fsp3) is 0.976. The van der Waals surface area contributed by atoms with E-state index in [2.05, 4.69) is 19.2 Å². The molecule has 0 radical (unpaired) electrons. The number of amides is 1. The van der Waals surface area contributed by atoms with Crippen molar-refractivity contribution in [2.24, 2.45) is 0 Å². The van der Waals surface area contributed by atoms with E-state index < -0.39 is 74.2 Å². The Hall–Kier alpha value is -0.890. The first-order valence-corrected chi connectivity index (χ1v) is 21.4. The number of carbonyl (C=O) groups is 1. The number of ether oxygens (including phenoxy) is 2. The molecule has 9 unspecified atom stereocenters. The largest absolute Gasteiger partial charge is 0.394 e. The highest BCUT2D eigenvalue weighted by molar-refractivity contribution is 5.80. The van der Waals surface area contributed by atoms with Crippen molar-refractivity contribution in [1.82, 2.24) is 5.32 Å². The van der Waals surface area contributed by atoms with Crippen LogP contribution >= 0.6 is 0 Å². The zero-order valence-corrected chi connectivity index (χ0v) is 33.1. The molecular weight excluding hydrogens is 666 g/mol. The quantitative estimate of drug-likeness (QED) is 0.0360. The number of unbranched alkanes of at least 4 members (excludes halogenated alkanes) is 23. The number of hydrogen-bond acceptors (Lipinski definition) is 10. The summed E-state index contributed by atoms with van der Waals surface area (Å²) in [6.07, 6.45) is 19.2. The molecule has 0 spiro atoms. The number of nitrogens with one attached hydrogen (secondary N) is 1. The lowest BCUT2D eigenvalue weighted by Crippen LogP contribution is -2.60. The van der Waals surface area contributed by atoms with Crippen molar-refractivity contribution in [3.63, 3.8) is 0 Å². The summed E-state index contributed by atoms with van der Waals surface area (Å²) in [5, 5.41) is 75.0. The van der Waals surface area contributed by atoms with E-state index in [1.54, 1.807) is 0 Å². The van der Waals surface area contributed by atoms with Crippen LogP contribution in [0.4, 0.5) is 0 Å². The van der Waals surface area contributed by atoms with Crippen LogP contribution in [-0.4, -0.2) is 110 Å². The lowest BCUT2D eigenvalue weighted by Gasteiger charge is -2.40. The lowest BCUT2D eigenvalue weighted by molar-refractivity contribution is -0.303. The van der Waals surface area contributed by atoms with E-state index in [9.17, 15) is 40.5 Å². The summed E-state index contributed by atoms with van der Waals surface area (Å²) in [5.74, 6) is -0.698. The summed E-state index contributed by atoms with van der Waals surface area (Å²) >= 11 is 0. The highest BCUT2D eigenvalue weighted by Crippen LogP contribution is 2.23. The molecule has 310 valence electrons. The van der Waals surface area contributed by atoms with Crippen molar-refractivity contribution >= 4 is 5.91 Å². The average Bonchev–Trinajstić information content (AvgIpc) is 3.14. The van der Waals surface area contributed by atoms with Crippen LogP contribution in [0.2, 0.25) is 0 Å². The number of hydrogen-bond donors (Lipinski definition) is 8. The second kappa shape index (κ2) is 32.4. The van der Waals surface area contributed by atoms with E-state index in [1.165, 1.54) is 96.3 Å². The van der Waals surface area contributed by atoms with E-state index in [4.69, 9.17) is 9.47 Å². The third kappa shape index (κ3) is 22.5. The summed E-state index contributed by atoms with van der Waals surface area (Å²) in [7, 11) is 0. The molecule has 0 aliphatic carbocycles. The zero-order valence-electron chi connectivity index (χ0n) is 33.1. The summed E-state index contributed by atoms with van der Waals surface area (Å²) in [6, 6.07) is -1.16. The second-order valence-corrected chi connectivity index (χ2v) is 15.4. The molecule has 11 heteroatoms. The molecule has 1 aliphatic rings. The normalized spacial score (nSPS) is 23.0. The standard InChI is InChI=1S/C41H81NO10/c1-3-5-7-9-11-12-13-14-15-16-17-18-19-20-21-22-23-25-27-29-34(45)40(50)42-32(36(46)33(44)28-26-24-10-8-6-4-2)31-51-41-39(49)38(48)37(47)35(30-43)52-41/h32-39,41,43-49H,3-31H2,1-2H3,(H,42,50). The maximum atomic E-state index is 13.0. The third-order valence-electron chi connectivity index (χ3n) is 10.7. The molecule has 1 heterocycles. The smallest absolute Gasteiger partial charge is 0.249 e. The molecule has 52 heavy (non-hydrogen) atoms. The fourth-order valence-corrected chi connectivity index (χ4v) is 7.03. The van der Waals surface area contributed by atoms with Gasteiger partial charge in [-0.1, -0.05) is 174 Å². The number of rotatable bonds is 35. The molecule has 0 aromatic rings. The van der Waals surface area contributed by atoms with Crippen molar-refractivity contribution in [1.29, 1.82) is 0 Å². The number of aliphatic hydroxyl groups excluding tert-OH is 7. The summed E-state index contributed by atoms with van der Waals surface area (Å²) in [4.78, 5) is 13.0. The van der Waals surface area contributed by atoms with Crippen LogP contribution in [0.5, 0.6) is 0 Å². The highest BCUT2D eigenvalue weighted by atomic mass is 16.7. The van der Waals surface area contributed by atoms with Crippen molar-refractivity contribution in [2.45, 2.75) is 242 Å². The summed E-state index contributed by atoms with van der Waals surface area (Å²) in [5.41, 5.74) is 0. The van der Waals surface area contributed by atoms with Crippen LogP contribution in [0.3, 0.4) is 0 Å². The lowest BCUT2D eigenvalue weighted by atomic mass is 9.98. The van der Waals surface area contributed by atoms with Crippen LogP contribution in [0.15, 0.2) is 0 Å². The Bertz CT molecular complexity index is 820. The van der Waals surface area contributed by atoms with Gasteiger partial charge in [-0.05, 0) is 12.8 Å². The maximum Gasteiger partial charge on any atom is 0.249 e. The van der Waals surface area contributed by atoms with Crippen LogP contribution in [0, 0.1) is 0 Å². The molecule has 0 aromatic heterocycles. The summed E-state index contributed by atoms with van der Waals surface area (Å²) in [6.45, 7) is 3.35. The molecule has 1 saturated heterocycles. The molecule has 1 amide bonds. The molecular formula is C41H81NO10. The Balaban J connectivity index is 2.36. The van der Waals surface area contributed by atoms with Gasteiger partial charge in [0.05, 0.1) is 25.4 Å². The Morgan fingerprint density at radius 1 is 0.596 bits per heavy atom. The van der Waals surface area contributed by atoms with Gasteiger partial charge in [0.1, 0.15) is 36.6 Å². The van der Waals surface area contributed by atoms with Gasteiger partial charge in [0.2, 0.25) is 5.91 Å². The molecule has 1 fully saturated rings. The highest BCUT2D eigenvalue weighted by Gasteiger charge is 2.44. The fourth-order valence-electron chi connectivity index (χ4n) is 7.03. The van der Waals surface area contributed by atoms with Crippen molar-refractivity contribution in [3.8, 4) is 0 Å². The molecule has 1 rings (SSSR count). The van der Waals surface area contributed by atoms with E-state index in [1.807, 2.05) is 0 Å². The first kappa shape index (κ1) is 49.1. The van der Waals surface area contributed by atoms with E-state index in [-0.39, 0.29) is 6.42 Å². The molecule has 9 atom stereocenters. The van der Waals surface area contributed by atoms with Gasteiger partial charge in [0, 0.05) is 0 Å². The van der Waals surface area contributed by atoms with Crippen LogP contribution < -0.4 is 5.32 Å². The topological polar surface area (TPSA) is 189 Å². The number of carbonyl (C=O) groups excluding carboxylic acids is 1. The van der Waals surface area contributed by atoms with Crippen LogP contribution in [0.1, 0.15) is 187 Å². The Morgan fingerprint density at radius 3 is 1.42 bits per heavy atom. The van der Waals surface area contributed by atoms with Gasteiger partial charge in [-0.3, -0.25) is 4.79 Å². The van der Waals surface area contributed by atoms with Crippen molar-refractivity contribution in [2.75, 3.05) is 13.2 Å². The van der Waals surface area contributed by atoms with Gasteiger partial charge in [-0.2, -0.15) is 0 Å². The van der Waals surface area contributed by atoms with Crippen molar-refractivity contribution < 1.29 is 50.0 Å². The minimum Gasteiger partial charge on any atom is -0.394 e. The van der Waals surface area contributed by atoms with Gasteiger partial charge in [-0.15, -0.1) is 0 Å². The van der Waals surface area contributed by atoms with Crippen LogP contribution in [-0.2, 0) is 14.3 Å². The average molecular weight is 748 g/mol. The predicted molar refractivity (Wildman–Crippen MR) is 206 cm³/mol. The van der Waals surface area contributed by atoms with Gasteiger partial charge < -0.3 is 50.5 Å². The van der Waals surface area contributed by atoms with Gasteiger partial charge in [-0.25, -0.2) is 0 Å². The van der Waals surface area contributed by atoms with E-state index in [0.717, 1.165) is 51.4 Å². The SMILES string of the molecule is CCCCCCCCCCCCCCCCCCCCCC(O)C(=O)NC(COC1OC(CO)C(O)C(O)C1O)C(O)C(O)CCCCCCCC. The maximum absolute atomic E-state index is 13.0. The second-order valence-electron chi connectivity index (χ2n) is 15.4. The van der Waals surface area contributed by atoms with Crippen molar-refractivity contribution in [3.05, 3.63) is 0 Å². The van der Waals surface area contributed by atoms with Gasteiger partial charge in [0.25, 0.3) is 0 Å². The number of aliphatic hydroxyl groups is 7. The molecule has 11 nitrogen and oxygen atoms in total. The Morgan fingerprint density at radius 2 is 1.00 bits per heavy atom. The molecule has 0 bridgehead atoms. The van der Waals surface area contributed by atoms with Gasteiger partial charge >= 0.3 is 0 Å². The van der Waals surface area contributed by atoms with Gasteiger partial charge in [0.15, 0.2) is 6.29 Å². The Kier molecular flexibility index (Phi) is 30.6. The minimum absolute atomic E-state index is 0.265. The molecule has 8 N–H and O–H groups in total. The third-order valence-corrected chi connectivity index (χ3v) is 10.7. The molecule has 1 aliphatic heterocycles. The van der Waals surface area contributed by atoms with Crippen LogP contribution in [0.25, 0.3) is 0 Å². The first-order valence-electron chi connectivity index (χ1n) is 21.4. The van der Waals surface area contributed by atoms with E-state index >= 15 is 0 Å². The zero-order chi connectivity index (χ0) is 38.4. The monoisotopic (exact) mass is 748 g/mol. The predicted octanol–water partition coefficient (Wildman–Crippen LogP) is 5.94. The Labute approximate surface area is 316 Å². The molecule has 0 saturated carbocycles. The first-order chi connectivity index (χ1) is 25.2. The summed E-state index contributed by atoms with van der Waals surface area (Å²) < 4.78 is 11.0. The molecule has 0 aromatic carbocycles. The van der Waals surface area contributed by atoms with E-state index in [0.29, 0.717) is 19.3 Å².